The zero-order valence-corrected chi connectivity index (χ0v) is 15.1. The van der Waals surface area contributed by atoms with Crippen molar-refractivity contribution >= 4 is 41.5 Å². The summed E-state index contributed by atoms with van der Waals surface area (Å²) in [6, 6.07) is 9.65. The summed E-state index contributed by atoms with van der Waals surface area (Å²) in [7, 11) is 0. The van der Waals surface area contributed by atoms with Gasteiger partial charge in [0.15, 0.2) is 5.96 Å². The number of halogens is 1. The molecule has 22 heavy (non-hydrogen) atoms. The van der Waals surface area contributed by atoms with E-state index in [9.17, 15) is 4.79 Å². The Hall–Kier alpha value is -1.31. The van der Waals surface area contributed by atoms with Crippen LogP contribution in [0.15, 0.2) is 35.3 Å². The number of aliphatic imine (C=N–C) groups is 1. The van der Waals surface area contributed by atoms with Crippen LogP contribution in [-0.4, -0.2) is 25.0 Å². The Morgan fingerprint density at radius 1 is 1.18 bits per heavy atom. The molecule has 5 nitrogen and oxygen atoms in total. The summed E-state index contributed by atoms with van der Waals surface area (Å²) in [5.41, 5.74) is 6.70. The largest absolute Gasteiger partial charge is 0.370 e. The first-order valence-electron chi connectivity index (χ1n) is 7.65. The number of amides is 1. The average Bonchev–Trinajstić information content (AvgIpc) is 2.53. The van der Waals surface area contributed by atoms with E-state index in [4.69, 9.17) is 5.73 Å². The Morgan fingerprint density at radius 3 is 2.55 bits per heavy atom. The summed E-state index contributed by atoms with van der Waals surface area (Å²) >= 11 is 0. The summed E-state index contributed by atoms with van der Waals surface area (Å²) in [6.07, 6.45) is 5.64. The molecule has 1 aromatic carbocycles. The molecule has 1 fully saturated rings. The molecule has 0 radical (unpaired) electrons. The van der Waals surface area contributed by atoms with Gasteiger partial charge in [-0.15, -0.1) is 24.0 Å². The van der Waals surface area contributed by atoms with E-state index in [1.807, 2.05) is 30.3 Å². The number of para-hydroxylation sites is 1. The molecule has 6 heteroatoms. The van der Waals surface area contributed by atoms with Crippen LogP contribution in [0.3, 0.4) is 0 Å². The first kappa shape index (κ1) is 18.7. The molecule has 0 aromatic heterocycles. The standard InChI is InChI=1S/C16H24N4O.HI/c17-16(20-14-9-5-2-6-10-14)19-12-11-18-15(21)13-7-3-1-4-8-13;/h2,5-6,9-10,13H,1,3-4,7-8,11-12H2,(H,18,21)(H3,17,19,20);1H. The number of carbonyl (C=O) groups is 1. The van der Waals surface area contributed by atoms with Crippen molar-refractivity contribution in [3.63, 3.8) is 0 Å². The normalized spacial score (nSPS) is 15.7. The zero-order valence-electron chi connectivity index (χ0n) is 12.8. The van der Waals surface area contributed by atoms with E-state index in [0.717, 1.165) is 18.5 Å². The van der Waals surface area contributed by atoms with Gasteiger partial charge in [-0.05, 0) is 25.0 Å². The molecule has 122 valence electrons. The molecule has 0 aliphatic heterocycles. The molecule has 0 atom stereocenters. The number of carbonyl (C=O) groups excluding carboxylic acids is 1. The highest BCUT2D eigenvalue weighted by atomic mass is 127. The Balaban J connectivity index is 0.00000242. The maximum absolute atomic E-state index is 11.9. The molecule has 1 aliphatic rings. The van der Waals surface area contributed by atoms with E-state index < -0.39 is 0 Å². The van der Waals surface area contributed by atoms with E-state index in [0.29, 0.717) is 19.0 Å². The van der Waals surface area contributed by atoms with Crippen LogP contribution in [-0.2, 0) is 4.79 Å². The quantitative estimate of drug-likeness (QED) is 0.299. The lowest BCUT2D eigenvalue weighted by molar-refractivity contribution is -0.125. The van der Waals surface area contributed by atoms with E-state index in [1.54, 1.807) is 0 Å². The van der Waals surface area contributed by atoms with Crippen LogP contribution in [0.25, 0.3) is 0 Å². The smallest absolute Gasteiger partial charge is 0.223 e. The first-order chi connectivity index (χ1) is 10.3. The fraction of sp³-hybridized carbons (Fsp3) is 0.500. The van der Waals surface area contributed by atoms with Crippen LogP contribution in [0.4, 0.5) is 5.69 Å². The monoisotopic (exact) mass is 416 g/mol. The molecule has 4 N–H and O–H groups in total. The molecule has 1 amide bonds. The summed E-state index contributed by atoms with van der Waals surface area (Å²) in [4.78, 5) is 16.1. The van der Waals surface area contributed by atoms with Crippen LogP contribution in [0, 0.1) is 5.92 Å². The zero-order chi connectivity index (χ0) is 14.9. The summed E-state index contributed by atoms with van der Waals surface area (Å²) in [5, 5.41) is 5.95. The highest BCUT2D eigenvalue weighted by molar-refractivity contribution is 14.0. The minimum Gasteiger partial charge on any atom is -0.370 e. The molecule has 1 saturated carbocycles. The van der Waals surface area contributed by atoms with Crippen LogP contribution in [0.1, 0.15) is 32.1 Å². The van der Waals surface area contributed by atoms with Gasteiger partial charge in [0.2, 0.25) is 5.91 Å². The van der Waals surface area contributed by atoms with Crippen molar-refractivity contribution in [3.8, 4) is 0 Å². The Labute approximate surface area is 149 Å². The molecule has 0 heterocycles. The summed E-state index contributed by atoms with van der Waals surface area (Å²) < 4.78 is 0. The van der Waals surface area contributed by atoms with Gasteiger partial charge >= 0.3 is 0 Å². The van der Waals surface area contributed by atoms with Crippen LogP contribution in [0.5, 0.6) is 0 Å². The SMILES string of the molecule is I.NC(=NCCNC(=O)C1CCCCC1)Nc1ccccc1. The molecule has 1 aliphatic carbocycles. The molecular formula is C16H25IN4O. The van der Waals surface area contributed by atoms with Gasteiger partial charge in [-0.25, -0.2) is 0 Å². The van der Waals surface area contributed by atoms with Crippen molar-refractivity contribution in [2.24, 2.45) is 16.6 Å². The van der Waals surface area contributed by atoms with Crippen molar-refractivity contribution in [2.45, 2.75) is 32.1 Å². The van der Waals surface area contributed by atoms with Crippen molar-refractivity contribution in [3.05, 3.63) is 30.3 Å². The lowest BCUT2D eigenvalue weighted by Crippen LogP contribution is -2.34. The lowest BCUT2D eigenvalue weighted by atomic mass is 9.89. The third-order valence-corrected chi connectivity index (χ3v) is 3.72. The van der Waals surface area contributed by atoms with Crippen molar-refractivity contribution in [2.75, 3.05) is 18.4 Å². The van der Waals surface area contributed by atoms with Gasteiger partial charge in [0.1, 0.15) is 0 Å². The molecule has 0 saturated heterocycles. The Kier molecular flexibility index (Phi) is 8.88. The molecule has 0 spiro atoms. The van der Waals surface area contributed by atoms with Crippen molar-refractivity contribution in [1.82, 2.24) is 5.32 Å². The van der Waals surface area contributed by atoms with Crippen LogP contribution in [0.2, 0.25) is 0 Å². The van der Waals surface area contributed by atoms with Crippen molar-refractivity contribution in [1.29, 1.82) is 0 Å². The van der Waals surface area contributed by atoms with Crippen LogP contribution >= 0.6 is 24.0 Å². The average molecular weight is 416 g/mol. The molecule has 0 bridgehead atoms. The number of hydrogen-bond acceptors (Lipinski definition) is 2. The van der Waals surface area contributed by atoms with Gasteiger partial charge in [-0.2, -0.15) is 0 Å². The maximum atomic E-state index is 11.9. The third kappa shape index (κ3) is 6.64. The Bertz CT molecular complexity index is 472. The number of rotatable bonds is 5. The minimum atomic E-state index is 0. The maximum Gasteiger partial charge on any atom is 0.223 e. The molecule has 0 unspecified atom stereocenters. The Morgan fingerprint density at radius 2 is 1.86 bits per heavy atom. The minimum absolute atomic E-state index is 0. The number of benzene rings is 1. The highest BCUT2D eigenvalue weighted by Gasteiger charge is 2.20. The number of nitrogens with zero attached hydrogens (tertiary/aromatic N) is 1. The predicted octanol–water partition coefficient (Wildman–Crippen LogP) is 2.73. The number of hydrogen-bond donors (Lipinski definition) is 3. The van der Waals surface area contributed by atoms with Gasteiger partial charge in [0.25, 0.3) is 0 Å². The van der Waals surface area contributed by atoms with Gasteiger partial charge < -0.3 is 16.4 Å². The second-order valence-electron chi connectivity index (χ2n) is 5.38. The summed E-state index contributed by atoms with van der Waals surface area (Å²) in [5.74, 6) is 0.732. The lowest BCUT2D eigenvalue weighted by Gasteiger charge is -2.20. The van der Waals surface area contributed by atoms with Gasteiger partial charge in [-0.1, -0.05) is 37.5 Å². The van der Waals surface area contributed by atoms with Crippen molar-refractivity contribution < 1.29 is 4.79 Å². The van der Waals surface area contributed by atoms with E-state index in [-0.39, 0.29) is 35.8 Å². The second kappa shape index (κ2) is 10.4. The predicted molar refractivity (Wildman–Crippen MR) is 102 cm³/mol. The van der Waals surface area contributed by atoms with Gasteiger partial charge in [0.05, 0.1) is 6.54 Å². The van der Waals surface area contributed by atoms with E-state index in [2.05, 4.69) is 15.6 Å². The molecule has 2 rings (SSSR count). The fourth-order valence-electron chi connectivity index (χ4n) is 2.57. The molecular weight excluding hydrogens is 391 g/mol. The van der Waals surface area contributed by atoms with E-state index in [1.165, 1.54) is 19.3 Å². The number of guanidine groups is 1. The first-order valence-corrected chi connectivity index (χ1v) is 7.65. The molecule has 1 aromatic rings. The number of nitrogens with two attached hydrogens (primary N) is 1. The van der Waals surface area contributed by atoms with Crippen LogP contribution < -0.4 is 16.4 Å². The van der Waals surface area contributed by atoms with Gasteiger partial charge in [-0.3, -0.25) is 9.79 Å². The van der Waals surface area contributed by atoms with E-state index >= 15 is 0 Å². The fourth-order valence-corrected chi connectivity index (χ4v) is 2.57. The topological polar surface area (TPSA) is 79.5 Å². The number of nitrogens with one attached hydrogen (secondary N) is 2. The third-order valence-electron chi connectivity index (χ3n) is 3.72. The highest BCUT2D eigenvalue weighted by Crippen LogP contribution is 2.23. The number of anilines is 1. The second-order valence-corrected chi connectivity index (χ2v) is 5.38. The summed E-state index contributed by atoms with van der Waals surface area (Å²) in [6.45, 7) is 1.02. The van der Waals surface area contributed by atoms with Gasteiger partial charge in [0, 0.05) is 18.2 Å².